The van der Waals surface area contributed by atoms with Gasteiger partial charge in [-0.15, -0.1) is 0 Å². The van der Waals surface area contributed by atoms with Crippen molar-refractivity contribution in [1.29, 1.82) is 0 Å². The van der Waals surface area contributed by atoms with E-state index in [1.54, 1.807) is 37.9 Å². The molecule has 22 heavy (non-hydrogen) atoms. The van der Waals surface area contributed by atoms with Crippen molar-refractivity contribution in [3.8, 4) is 0 Å². The van der Waals surface area contributed by atoms with Crippen LogP contribution >= 0.6 is 0 Å². The largest absolute Gasteiger partial charge is 0.357 e. The maximum absolute atomic E-state index is 12.5. The molecule has 3 aromatic heterocycles. The zero-order valence-corrected chi connectivity index (χ0v) is 12.3. The number of amides is 1. The molecule has 0 bridgehead atoms. The third-order valence-electron chi connectivity index (χ3n) is 3.69. The number of aryl methyl sites for hydroxylation is 1. The summed E-state index contributed by atoms with van der Waals surface area (Å²) in [5, 5.41) is 3.57. The minimum absolute atomic E-state index is 0.151. The SMILES string of the molecule is CC(NC(=O)c1cn(C)c(=O)c2[nH]ccc12)c1ccncc1. The summed E-state index contributed by atoms with van der Waals surface area (Å²) in [6, 6.07) is 5.31. The van der Waals surface area contributed by atoms with Gasteiger partial charge in [0.25, 0.3) is 11.5 Å². The summed E-state index contributed by atoms with van der Waals surface area (Å²) in [4.78, 5) is 31.4. The standard InChI is InChI=1S/C16H16N4O2/c1-10(11-3-6-17-7-4-11)19-15(21)13-9-20(2)16(22)14-12(13)5-8-18-14/h3-10,18H,1-2H3,(H,19,21). The summed E-state index contributed by atoms with van der Waals surface area (Å²) in [5.74, 6) is -0.218. The molecule has 0 aliphatic heterocycles. The molecule has 1 unspecified atom stereocenters. The van der Waals surface area contributed by atoms with E-state index in [1.807, 2.05) is 19.1 Å². The zero-order chi connectivity index (χ0) is 15.7. The number of nitrogens with one attached hydrogen (secondary N) is 2. The van der Waals surface area contributed by atoms with Gasteiger partial charge in [0.1, 0.15) is 5.52 Å². The number of aromatic nitrogens is 3. The Labute approximate surface area is 126 Å². The van der Waals surface area contributed by atoms with E-state index in [0.717, 1.165) is 5.56 Å². The second kappa shape index (κ2) is 5.48. The number of nitrogens with zero attached hydrogens (tertiary/aromatic N) is 2. The van der Waals surface area contributed by atoms with Crippen LogP contribution in [0.1, 0.15) is 28.9 Å². The van der Waals surface area contributed by atoms with E-state index < -0.39 is 0 Å². The molecular weight excluding hydrogens is 280 g/mol. The van der Waals surface area contributed by atoms with Gasteiger partial charge < -0.3 is 14.9 Å². The summed E-state index contributed by atoms with van der Waals surface area (Å²) < 4.78 is 1.41. The molecule has 0 radical (unpaired) electrons. The van der Waals surface area contributed by atoms with Gasteiger partial charge in [0.15, 0.2) is 0 Å². The highest BCUT2D eigenvalue weighted by Gasteiger charge is 2.16. The Bertz CT molecular complexity index is 880. The lowest BCUT2D eigenvalue weighted by molar-refractivity contribution is 0.0941. The van der Waals surface area contributed by atoms with Crippen molar-refractivity contribution in [2.45, 2.75) is 13.0 Å². The molecule has 3 aromatic rings. The highest BCUT2D eigenvalue weighted by Crippen LogP contribution is 2.16. The monoisotopic (exact) mass is 296 g/mol. The van der Waals surface area contributed by atoms with Gasteiger partial charge >= 0.3 is 0 Å². The molecule has 0 aliphatic carbocycles. The minimum atomic E-state index is -0.218. The fourth-order valence-electron chi connectivity index (χ4n) is 2.46. The molecule has 3 heterocycles. The predicted molar refractivity (Wildman–Crippen MR) is 83.7 cm³/mol. The number of rotatable bonds is 3. The first-order chi connectivity index (χ1) is 10.6. The number of carbonyl (C=O) groups is 1. The fraction of sp³-hybridized carbons (Fsp3) is 0.188. The molecule has 0 saturated carbocycles. The topological polar surface area (TPSA) is 79.8 Å². The summed E-state index contributed by atoms with van der Waals surface area (Å²) in [7, 11) is 1.63. The van der Waals surface area contributed by atoms with Crippen LogP contribution in [0.5, 0.6) is 0 Å². The Hall–Kier alpha value is -2.89. The molecule has 0 aromatic carbocycles. The lowest BCUT2D eigenvalue weighted by Crippen LogP contribution is -2.28. The Kier molecular flexibility index (Phi) is 3.50. The average Bonchev–Trinajstić information content (AvgIpc) is 3.01. The van der Waals surface area contributed by atoms with Crippen LogP contribution < -0.4 is 10.9 Å². The summed E-state index contributed by atoms with van der Waals surface area (Å²) in [6.07, 6.45) is 6.60. The highest BCUT2D eigenvalue weighted by atomic mass is 16.2. The van der Waals surface area contributed by atoms with Gasteiger partial charge in [-0.3, -0.25) is 14.6 Å². The van der Waals surface area contributed by atoms with Crippen molar-refractivity contribution < 1.29 is 4.79 Å². The number of carbonyl (C=O) groups excluding carboxylic acids is 1. The first kappa shape index (κ1) is 14.1. The molecule has 0 fully saturated rings. The van der Waals surface area contributed by atoms with Crippen LogP contribution in [-0.4, -0.2) is 20.4 Å². The molecule has 3 rings (SSSR count). The first-order valence-electron chi connectivity index (χ1n) is 6.95. The second-order valence-electron chi connectivity index (χ2n) is 5.20. The molecule has 6 heteroatoms. The Morgan fingerprint density at radius 3 is 2.77 bits per heavy atom. The normalized spacial score (nSPS) is 12.3. The number of hydrogen-bond donors (Lipinski definition) is 2. The minimum Gasteiger partial charge on any atom is -0.357 e. The second-order valence-corrected chi connectivity index (χ2v) is 5.20. The molecule has 6 nitrogen and oxygen atoms in total. The van der Waals surface area contributed by atoms with Crippen molar-refractivity contribution in [3.05, 3.63) is 64.5 Å². The number of fused-ring (bicyclic) bond motifs is 1. The van der Waals surface area contributed by atoms with Gasteiger partial charge in [0, 0.05) is 37.2 Å². The van der Waals surface area contributed by atoms with Gasteiger partial charge in [-0.2, -0.15) is 0 Å². The van der Waals surface area contributed by atoms with Crippen LogP contribution in [0.25, 0.3) is 10.9 Å². The lowest BCUT2D eigenvalue weighted by atomic mass is 10.1. The zero-order valence-electron chi connectivity index (χ0n) is 12.3. The van der Waals surface area contributed by atoms with Crippen LogP contribution in [0.15, 0.2) is 47.8 Å². The van der Waals surface area contributed by atoms with Gasteiger partial charge in [-0.25, -0.2) is 0 Å². The number of H-pyrrole nitrogens is 1. The van der Waals surface area contributed by atoms with E-state index >= 15 is 0 Å². The van der Waals surface area contributed by atoms with Crippen LogP contribution in [0.4, 0.5) is 0 Å². The van der Waals surface area contributed by atoms with E-state index in [4.69, 9.17) is 0 Å². The predicted octanol–water partition coefficient (Wildman–Crippen LogP) is 1.75. The number of hydrogen-bond acceptors (Lipinski definition) is 3. The van der Waals surface area contributed by atoms with E-state index in [2.05, 4.69) is 15.3 Å². The number of pyridine rings is 2. The molecule has 112 valence electrons. The summed E-state index contributed by atoms with van der Waals surface area (Å²) in [5.41, 5.74) is 1.73. The molecule has 2 N–H and O–H groups in total. The number of aromatic amines is 1. The molecule has 0 aliphatic rings. The average molecular weight is 296 g/mol. The van der Waals surface area contributed by atoms with Crippen LogP contribution in [-0.2, 0) is 7.05 Å². The van der Waals surface area contributed by atoms with E-state index in [1.165, 1.54) is 4.57 Å². The molecule has 1 atom stereocenters. The molecule has 0 spiro atoms. The van der Waals surface area contributed by atoms with Crippen LogP contribution in [0, 0.1) is 0 Å². The third-order valence-corrected chi connectivity index (χ3v) is 3.69. The van der Waals surface area contributed by atoms with Gasteiger partial charge in [0.2, 0.25) is 0 Å². The van der Waals surface area contributed by atoms with Crippen molar-refractivity contribution >= 4 is 16.8 Å². The first-order valence-corrected chi connectivity index (χ1v) is 6.95. The van der Waals surface area contributed by atoms with Crippen LogP contribution in [0.3, 0.4) is 0 Å². The van der Waals surface area contributed by atoms with Crippen molar-refractivity contribution in [1.82, 2.24) is 19.9 Å². The molecule has 0 saturated heterocycles. The molecule has 1 amide bonds. The maximum Gasteiger partial charge on any atom is 0.274 e. The quantitative estimate of drug-likeness (QED) is 0.773. The van der Waals surface area contributed by atoms with Crippen molar-refractivity contribution in [2.24, 2.45) is 7.05 Å². The third kappa shape index (κ3) is 2.39. The summed E-state index contributed by atoms with van der Waals surface area (Å²) >= 11 is 0. The Morgan fingerprint density at radius 2 is 2.05 bits per heavy atom. The molecular formula is C16H16N4O2. The summed E-state index contributed by atoms with van der Waals surface area (Å²) in [6.45, 7) is 1.91. The van der Waals surface area contributed by atoms with E-state index in [-0.39, 0.29) is 17.5 Å². The Morgan fingerprint density at radius 1 is 1.32 bits per heavy atom. The van der Waals surface area contributed by atoms with Crippen molar-refractivity contribution in [3.63, 3.8) is 0 Å². The van der Waals surface area contributed by atoms with E-state index in [0.29, 0.717) is 16.5 Å². The van der Waals surface area contributed by atoms with E-state index in [9.17, 15) is 9.59 Å². The fourth-order valence-corrected chi connectivity index (χ4v) is 2.46. The maximum atomic E-state index is 12.5. The van der Waals surface area contributed by atoms with Gasteiger partial charge in [0.05, 0.1) is 11.6 Å². The van der Waals surface area contributed by atoms with Crippen molar-refractivity contribution in [2.75, 3.05) is 0 Å². The van der Waals surface area contributed by atoms with Gasteiger partial charge in [-0.05, 0) is 30.7 Å². The smallest absolute Gasteiger partial charge is 0.274 e. The Balaban J connectivity index is 1.95. The van der Waals surface area contributed by atoms with Gasteiger partial charge in [-0.1, -0.05) is 0 Å². The van der Waals surface area contributed by atoms with Crippen LogP contribution in [0.2, 0.25) is 0 Å². The highest BCUT2D eigenvalue weighted by molar-refractivity contribution is 6.06. The lowest BCUT2D eigenvalue weighted by Gasteiger charge is -2.15.